The second-order valence-corrected chi connectivity index (χ2v) is 7.02. The van der Waals surface area contributed by atoms with Crippen LogP contribution in [-0.2, 0) is 19.2 Å². The number of benzene rings is 2. The van der Waals surface area contributed by atoms with Crippen molar-refractivity contribution in [3.63, 3.8) is 0 Å². The number of hydrogen-bond donors (Lipinski definition) is 0. The molecule has 1 aliphatic carbocycles. The van der Waals surface area contributed by atoms with Crippen LogP contribution in [0.15, 0.2) is 36.4 Å². The van der Waals surface area contributed by atoms with Crippen molar-refractivity contribution in [2.24, 2.45) is 0 Å². The minimum atomic E-state index is -4.37. The number of carbonyl (C=O) groups is 1. The van der Waals surface area contributed by atoms with Gasteiger partial charge in [0.1, 0.15) is 18.6 Å². The van der Waals surface area contributed by atoms with Crippen LogP contribution < -0.4 is 4.74 Å². The molecule has 0 atom stereocenters. The summed E-state index contributed by atoms with van der Waals surface area (Å²) in [7, 11) is 0. The van der Waals surface area contributed by atoms with Crippen LogP contribution in [-0.4, -0.2) is 6.29 Å². The minimum Gasteiger partial charge on any atom is -0.489 e. The molecule has 3 rings (SSSR count). The highest BCUT2D eigenvalue weighted by molar-refractivity contribution is 5.77. The predicted molar refractivity (Wildman–Crippen MR) is 98.2 cm³/mol. The van der Waals surface area contributed by atoms with E-state index in [1.165, 1.54) is 6.07 Å². The summed E-state index contributed by atoms with van der Waals surface area (Å²) >= 11 is 0. The Balaban J connectivity index is 1.80. The van der Waals surface area contributed by atoms with Crippen molar-refractivity contribution in [1.82, 2.24) is 0 Å². The number of ether oxygens (including phenoxy) is 1. The lowest BCUT2D eigenvalue weighted by Crippen LogP contribution is -2.12. The van der Waals surface area contributed by atoms with E-state index in [0.29, 0.717) is 28.9 Å². The fourth-order valence-electron chi connectivity index (χ4n) is 3.79. The van der Waals surface area contributed by atoms with Crippen molar-refractivity contribution < 1.29 is 22.7 Å². The Kier molecular flexibility index (Phi) is 5.88. The number of rotatable bonds is 6. The van der Waals surface area contributed by atoms with Gasteiger partial charge in [-0.2, -0.15) is 13.2 Å². The molecule has 144 valence electrons. The van der Waals surface area contributed by atoms with Gasteiger partial charge in [0.05, 0.1) is 5.56 Å². The van der Waals surface area contributed by atoms with Gasteiger partial charge in [0, 0.05) is 5.56 Å². The standard InChI is InChI=1S/C22H23F3O2/c1-2-16-12-19(9-8-18(16)13-26)27-14-15-7-10-20(17-5-3-4-6-17)21(11-15)22(23,24)25/h7-13,17H,2-6,14H2,1H3. The highest BCUT2D eigenvalue weighted by Gasteiger charge is 2.36. The lowest BCUT2D eigenvalue weighted by Gasteiger charge is -2.19. The monoisotopic (exact) mass is 376 g/mol. The second-order valence-electron chi connectivity index (χ2n) is 7.02. The molecule has 0 N–H and O–H groups in total. The maximum Gasteiger partial charge on any atom is 0.416 e. The van der Waals surface area contributed by atoms with Gasteiger partial charge in [-0.05, 0) is 66.1 Å². The second kappa shape index (κ2) is 8.15. The summed E-state index contributed by atoms with van der Waals surface area (Å²) < 4.78 is 46.3. The molecule has 0 radical (unpaired) electrons. The first-order chi connectivity index (χ1) is 12.9. The summed E-state index contributed by atoms with van der Waals surface area (Å²) in [6, 6.07) is 9.66. The normalized spacial score (nSPS) is 15.1. The van der Waals surface area contributed by atoms with Gasteiger partial charge >= 0.3 is 6.18 Å². The Hall–Kier alpha value is -2.30. The van der Waals surface area contributed by atoms with Crippen LogP contribution in [0.5, 0.6) is 5.75 Å². The fraction of sp³-hybridized carbons (Fsp3) is 0.409. The summed E-state index contributed by atoms with van der Waals surface area (Å²) in [5.41, 5.74) is 1.81. The largest absolute Gasteiger partial charge is 0.489 e. The minimum absolute atomic E-state index is 0.000378. The van der Waals surface area contributed by atoms with Crippen LogP contribution >= 0.6 is 0 Å². The topological polar surface area (TPSA) is 26.3 Å². The van der Waals surface area contributed by atoms with Crippen LogP contribution in [0.2, 0.25) is 0 Å². The van der Waals surface area contributed by atoms with Gasteiger partial charge in [0.25, 0.3) is 0 Å². The van der Waals surface area contributed by atoms with Gasteiger partial charge in [-0.1, -0.05) is 31.9 Å². The van der Waals surface area contributed by atoms with Crippen molar-refractivity contribution in [3.8, 4) is 5.75 Å². The van der Waals surface area contributed by atoms with E-state index in [0.717, 1.165) is 37.5 Å². The smallest absolute Gasteiger partial charge is 0.416 e. The molecule has 0 unspecified atom stereocenters. The SMILES string of the molecule is CCc1cc(OCc2ccc(C3CCCC3)c(C(F)(F)F)c2)ccc1C=O. The van der Waals surface area contributed by atoms with E-state index in [9.17, 15) is 18.0 Å². The average Bonchev–Trinajstić information content (AvgIpc) is 3.19. The zero-order chi connectivity index (χ0) is 19.4. The third-order valence-corrected chi connectivity index (χ3v) is 5.25. The first-order valence-corrected chi connectivity index (χ1v) is 9.33. The number of aryl methyl sites for hydroxylation is 1. The van der Waals surface area contributed by atoms with Crippen molar-refractivity contribution in [2.45, 2.75) is 57.7 Å². The van der Waals surface area contributed by atoms with Crippen LogP contribution in [0.4, 0.5) is 13.2 Å². The Bertz CT molecular complexity index is 806. The quantitative estimate of drug-likeness (QED) is 0.552. The van der Waals surface area contributed by atoms with Gasteiger partial charge in [-0.3, -0.25) is 4.79 Å². The lowest BCUT2D eigenvalue weighted by molar-refractivity contribution is -0.138. The molecular formula is C22H23F3O2. The molecule has 27 heavy (non-hydrogen) atoms. The van der Waals surface area contributed by atoms with E-state index in [1.54, 1.807) is 30.3 Å². The van der Waals surface area contributed by atoms with E-state index >= 15 is 0 Å². The van der Waals surface area contributed by atoms with E-state index in [1.807, 2.05) is 6.92 Å². The average molecular weight is 376 g/mol. The molecule has 2 aromatic carbocycles. The molecule has 2 aromatic rings. The van der Waals surface area contributed by atoms with Crippen LogP contribution in [0.1, 0.15) is 71.1 Å². The van der Waals surface area contributed by atoms with Crippen LogP contribution in [0.3, 0.4) is 0 Å². The molecule has 0 saturated heterocycles. The Morgan fingerprint density at radius 3 is 2.48 bits per heavy atom. The summed E-state index contributed by atoms with van der Waals surface area (Å²) in [6.07, 6.45) is 0.727. The van der Waals surface area contributed by atoms with Crippen LogP contribution in [0, 0.1) is 0 Å². The molecule has 0 amide bonds. The van der Waals surface area contributed by atoms with Gasteiger partial charge in [0.15, 0.2) is 0 Å². The Labute approximate surface area is 157 Å². The van der Waals surface area contributed by atoms with E-state index in [2.05, 4.69) is 0 Å². The highest BCUT2D eigenvalue weighted by atomic mass is 19.4. The number of halogens is 3. The molecule has 0 spiro atoms. The molecule has 2 nitrogen and oxygen atoms in total. The van der Waals surface area contributed by atoms with Crippen molar-refractivity contribution in [2.75, 3.05) is 0 Å². The van der Waals surface area contributed by atoms with Gasteiger partial charge in [-0.15, -0.1) is 0 Å². The van der Waals surface area contributed by atoms with E-state index in [4.69, 9.17) is 4.74 Å². The van der Waals surface area contributed by atoms with Crippen molar-refractivity contribution in [3.05, 3.63) is 64.2 Å². The predicted octanol–water partition coefficient (Wildman–Crippen LogP) is 6.32. The summed E-state index contributed by atoms with van der Waals surface area (Å²) in [4.78, 5) is 11.0. The molecule has 1 aliphatic rings. The third kappa shape index (κ3) is 4.52. The van der Waals surface area contributed by atoms with Crippen molar-refractivity contribution in [1.29, 1.82) is 0 Å². The zero-order valence-corrected chi connectivity index (χ0v) is 15.3. The Morgan fingerprint density at radius 1 is 1.11 bits per heavy atom. The molecule has 1 saturated carbocycles. The molecule has 0 aliphatic heterocycles. The molecule has 1 fully saturated rings. The van der Waals surface area contributed by atoms with Gasteiger partial charge in [0.2, 0.25) is 0 Å². The molecule has 5 heteroatoms. The molecule has 0 aromatic heterocycles. The van der Waals surface area contributed by atoms with E-state index < -0.39 is 11.7 Å². The van der Waals surface area contributed by atoms with Gasteiger partial charge < -0.3 is 4.74 Å². The lowest BCUT2D eigenvalue weighted by atomic mass is 9.91. The molecule has 0 bridgehead atoms. The van der Waals surface area contributed by atoms with E-state index in [-0.39, 0.29) is 12.5 Å². The number of alkyl halides is 3. The number of hydrogen-bond acceptors (Lipinski definition) is 2. The summed E-state index contributed by atoms with van der Waals surface area (Å²) in [5.74, 6) is 0.547. The van der Waals surface area contributed by atoms with Crippen molar-refractivity contribution >= 4 is 6.29 Å². The zero-order valence-electron chi connectivity index (χ0n) is 15.3. The number of carbonyl (C=O) groups excluding carboxylic acids is 1. The summed E-state index contributed by atoms with van der Waals surface area (Å²) in [6.45, 7) is 1.99. The first kappa shape index (κ1) is 19.5. The Morgan fingerprint density at radius 2 is 1.85 bits per heavy atom. The first-order valence-electron chi connectivity index (χ1n) is 9.33. The maximum atomic E-state index is 13.6. The third-order valence-electron chi connectivity index (χ3n) is 5.25. The molecular weight excluding hydrogens is 353 g/mol. The fourth-order valence-corrected chi connectivity index (χ4v) is 3.79. The highest BCUT2D eigenvalue weighted by Crippen LogP contribution is 2.42. The van der Waals surface area contributed by atoms with Crippen LogP contribution in [0.25, 0.3) is 0 Å². The summed E-state index contributed by atoms with van der Waals surface area (Å²) in [5, 5.41) is 0. The number of aldehydes is 1. The van der Waals surface area contributed by atoms with Gasteiger partial charge in [-0.25, -0.2) is 0 Å². The molecule has 0 heterocycles. The maximum absolute atomic E-state index is 13.6.